The predicted octanol–water partition coefficient (Wildman–Crippen LogP) is 3.03. The lowest BCUT2D eigenvalue weighted by atomic mass is 10.1. The van der Waals surface area contributed by atoms with Gasteiger partial charge in [-0.05, 0) is 48.0 Å². The molecule has 1 heterocycles. The highest BCUT2D eigenvalue weighted by Crippen LogP contribution is 2.27. The smallest absolute Gasteiger partial charge is 0.269 e. The van der Waals surface area contributed by atoms with Crippen molar-refractivity contribution in [3.8, 4) is 28.5 Å². The largest absolute Gasteiger partial charge is 0.497 e. The molecule has 0 aliphatic heterocycles. The molecule has 0 bridgehead atoms. The maximum atomic E-state index is 12.4. The van der Waals surface area contributed by atoms with Crippen LogP contribution in [0.15, 0.2) is 48.5 Å². The van der Waals surface area contributed by atoms with Gasteiger partial charge in [0.15, 0.2) is 11.5 Å². The summed E-state index contributed by atoms with van der Waals surface area (Å²) >= 11 is 0. The average Bonchev–Trinajstić information content (AvgIpc) is 3.22. The van der Waals surface area contributed by atoms with Crippen molar-refractivity contribution in [1.82, 2.24) is 15.5 Å². The second kappa shape index (κ2) is 8.27. The van der Waals surface area contributed by atoms with E-state index < -0.39 is 0 Å². The van der Waals surface area contributed by atoms with E-state index >= 15 is 0 Å². The van der Waals surface area contributed by atoms with Gasteiger partial charge < -0.3 is 19.5 Å². The van der Waals surface area contributed by atoms with Crippen LogP contribution in [0, 0.1) is 0 Å². The monoisotopic (exact) mass is 367 g/mol. The number of nitrogens with one attached hydrogen (secondary N) is 2. The van der Waals surface area contributed by atoms with E-state index in [0.717, 1.165) is 16.9 Å². The van der Waals surface area contributed by atoms with Crippen molar-refractivity contribution >= 4 is 5.91 Å². The molecule has 140 valence electrons. The SMILES string of the molecule is COc1ccc(-c2cc(C(=O)NCc3ccc(OC)c(OC)c3)[nH]n2)cc1. The lowest BCUT2D eigenvalue weighted by Gasteiger charge is -2.10. The summed E-state index contributed by atoms with van der Waals surface area (Å²) in [7, 11) is 4.77. The van der Waals surface area contributed by atoms with Gasteiger partial charge in [-0.15, -0.1) is 0 Å². The van der Waals surface area contributed by atoms with E-state index in [0.29, 0.717) is 29.4 Å². The quantitative estimate of drug-likeness (QED) is 0.670. The van der Waals surface area contributed by atoms with Gasteiger partial charge >= 0.3 is 0 Å². The van der Waals surface area contributed by atoms with E-state index in [1.54, 1.807) is 33.5 Å². The number of aromatic nitrogens is 2. The van der Waals surface area contributed by atoms with E-state index in [1.165, 1.54) is 0 Å². The summed E-state index contributed by atoms with van der Waals surface area (Å²) in [6.07, 6.45) is 0. The average molecular weight is 367 g/mol. The number of aromatic amines is 1. The molecule has 0 saturated heterocycles. The van der Waals surface area contributed by atoms with Crippen LogP contribution in [0.5, 0.6) is 17.2 Å². The molecule has 1 amide bonds. The lowest BCUT2D eigenvalue weighted by molar-refractivity contribution is 0.0946. The number of hydrogen-bond donors (Lipinski definition) is 2. The Bertz CT molecular complexity index is 919. The zero-order valence-electron chi connectivity index (χ0n) is 15.4. The fraction of sp³-hybridized carbons (Fsp3) is 0.200. The second-order valence-electron chi connectivity index (χ2n) is 5.77. The Labute approximate surface area is 157 Å². The minimum Gasteiger partial charge on any atom is -0.497 e. The van der Waals surface area contributed by atoms with Crippen molar-refractivity contribution in [2.24, 2.45) is 0 Å². The van der Waals surface area contributed by atoms with E-state index in [-0.39, 0.29) is 5.91 Å². The molecule has 0 spiro atoms. The third-order valence-corrected chi connectivity index (χ3v) is 4.11. The molecule has 3 aromatic rings. The number of hydrogen-bond acceptors (Lipinski definition) is 5. The van der Waals surface area contributed by atoms with Crippen LogP contribution >= 0.6 is 0 Å². The molecule has 27 heavy (non-hydrogen) atoms. The molecular weight excluding hydrogens is 346 g/mol. The summed E-state index contributed by atoms with van der Waals surface area (Å²) in [5, 5.41) is 9.84. The molecule has 0 fully saturated rings. The van der Waals surface area contributed by atoms with Crippen LogP contribution in [0.1, 0.15) is 16.1 Å². The number of H-pyrrole nitrogens is 1. The Morgan fingerprint density at radius 1 is 0.963 bits per heavy atom. The van der Waals surface area contributed by atoms with Gasteiger partial charge in [-0.1, -0.05) is 6.07 Å². The summed E-state index contributed by atoms with van der Waals surface area (Å²) in [6.45, 7) is 0.357. The first-order valence-corrected chi connectivity index (χ1v) is 8.33. The number of amides is 1. The number of carbonyl (C=O) groups excluding carboxylic acids is 1. The van der Waals surface area contributed by atoms with Crippen molar-refractivity contribution in [2.75, 3.05) is 21.3 Å². The molecule has 0 aliphatic rings. The van der Waals surface area contributed by atoms with Gasteiger partial charge in [0, 0.05) is 12.1 Å². The van der Waals surface area contributed by atoms with Gasteiger partial charge in [0.25, 0.3) is 5.91 Å². The van der Waals surface area contributed by atoms with Crippen molar-refractivity contribution in [2.45, 2.75) is 6.54 Å². The van der Waals surface area contributed by atoms with E-state index in [9.17, 15) is 4.79 Å². The predicted molar refractivity (Wildman–Crippen MR) is 101 cm³/mol. The Hall–Kier alpha value is -3.48. The molecule has 0 unspecified atom stereocenters. The van der Waals surface area contributed by atoms with Crippen molar-refractivity contribution in [3.05, 3.63) is 59.8 Å². The van der Waals surface area contributed by atoms with E-state index in [2.05, 4.69) is 15.5 Å². The topological polar surface area (TPSA) is 85.5 Å². The normalized spacial score (nSPS) is 10.3. The van der Waals surface area contributed by atoms with Gasteiger partial charge in [-0.2, -0.15) is 5.10 Å². The minimum atomic E-state index is -0.239. The molecule has 0 atom stereocenters. The highest BCUT2D eigenvalue weighted by molar-refractivity contribution is 5.93. The first-order chi connectivity index (χ1) is 13.1. The first kappa shape index (κ1) is 18.3. The highest BCUT2D eigenvalue weighted by atomic mass is 16.5. The maximum Gasteiger partial charge on any atom is 0.269 e. The number of carbonyl (C=O) groups is 1. The zero-order valence-corrected chi connectivity index (χ0v) is 15.4. The fourth-order valence-electron chi connectivity index (χ4n) is 2.62. The van der Waals surface area contributed by atoms with E-state index in [1.807, 2.05) is 36.4 Å². The molecule has 7 heteroatoms. The summed E-state index contributed by atoms with van der Waals surface area (Å²) in [5.74, 6) is 1.79. The molecule has 7 nitrogen and oxygen atoms in total. The molecular formula is C20H21N3O4. The Kier molecular flexibility index (Phi) is 5.61. The van der Waals surface area contributed by atoms with Crippen LogP contribution in [-0.2, 0) is 6.54 Å². The number of ether oxygens (including phenoxy) is 3. The zero-order chi connectivity index (χ0) is 19.2. The number of rotatable bonds is 7. The van der Waals surface area contributed by atoms with Crippen LogP contribution in [-0.4, -0.2) is 37.4 Å². The van der Waals surface area contributed by atoms with Gasteiger partial charge in [0.1, 0.15) is 11.4 Å². The minimum absolute atomic E-state index is 0.239. The van der Waals surface area contributed by atoms with Crippen molar-refractivity contribution < 1.29 is 19.0 Å². The molecule has 3 rings (SSSR count). The van der Waals surface area contributed by atoms with Crippen LogP contribution in [0.25, 0.3) is 11.3 Å². The third-order valence-electron chi connectivity index (χ3n) is 4.11. The molecule has 0 aliphatic carbocycles. The number of nitrogens with zero attached hydrogens (tertiary/aromatic N) is 1. The van der Waals surface area contributed by atoms with Gasteiger partial charge in [0.05, 0.1) is 27.0 Å². The maximum absolute atomic E-state index is 12.4. The standard InChI is InChI=1S/C20H21N3O4/c1-25-15-7-5-14(6-8-15)16-11-17(23-22-16)20(24)21-12-13-4-9-18(26-2)19(10-13)27-3/h4-11H,12H2,1-3H3,(H,21,24)(H,22,23). The first-order valence-electron chi connectivity index (χ1n) is 8.33. The van der Waals surface area contributed by atoms with Crippen molar-refractivity contribution in [3.63, 3.8) is 0 Å². The number of methoxy groups -OCH3 is 3. The molecule has 1 aromatic heterocycles. The van der Waals surface area contributed by atoms with Crippen molar-refractivity contribution in [1.29, 1.82) is 0 Å². The number of benzene rings is 2. The Balaban J connectivity index is 1.65. The lowest BCUT2D eigenvalue weighted by Crippen LogP contribution is -2.23. The summed E-state index contributed by atoms with van der Waals surface area (Å²) in [4.78, 5) is 12.4. The van der Waals surface area contributed by atoms with Crippen LogP contribution in [0.2, 0.25) is 0 Å². The second-order valence-corrected chi connectivity index (χ2v) is 5.77. The van der Waals surface area contributed by atoms with Gasteiger partial charge in [0.2, 0.25) is 0 Å². The molecule has 0 radical (unpaired) electrons. The highest BCUT2D eigenvalue weighted by Gasteiger charge is 2.12. The van der Waals surface area contributed by atoms with Crippen LogP contribution in [0.4, 0.5) is 0 Å². The molecule has 2 N–H and O–H groups in total. The Morgan fingerprint density at radius 3 is 2.37 bits per heavy atom. The van der Waals surface area contributed by atoms with Crippen LogP contribution < -0.4 is 19.5 Å². The van der Waals surface area contributed by atoms with Gasteiger partial charge in [-0.25, -0.2) is 0 Å². The van der Waals surface area contributed by atoms with Gasteiger partial charge in [-0.3, -0.25) is 9.89 Å². The fourth-order valence-corrected chi connectivity index (χ4v) is 2.62. The third kappa shape index (κ3) is 4.20. The summed E-state index contributed by atoms with van der Waals surface area (Å²) in [6, 6.07) is 14.7. The summed E-state index contributed by atoms with van der Waals surface area (Å²) in [5.41, 5.74) is 2.87. The molecule has 0 saturated carbocycles. The van der Waals surface area contributed by atoms with E-state index in [4.69, 9.17) is 14.2 Å². The van der Waals surface area contributed by atoms with Crippen LogP contribution in [0.3, 0.4) is 0 Å². The summed E-state index contributed by atoms with van der Waals surface area (Å²) < 4.78 is 15.6. The molecule has 2 aromatic carbocycles. The Morgan fingerprint density at radius 2 is 1.70 bits per heavy atom.